The first-order valence-electron chi connectivity index (χ1n) is 20.9. The standard InChI is InChI=1S/C33H49N4O3P.C4H8.C2H4Cl2.C2H8N2.C2H6.CH3NO/c1-5-23(3)20-24(4)35-31(26-16-11-8-12-17-26)33(40)37-19-13-18-27(37)21-29(41)32(39)34-22-30(38)36-28(6-2)25-14-9-7-10-15-25;1-4-2-3-4;1-2(3)4;1-4(2)3;1-2;2-1-3/h6-7,9-10,14-15,23,26-28,31,35,41H,2,4-5,8,11-13,16-22H2,1,3H3,(H,34,39)(H,36,38);4H,2-3H2,1H3;2H,1H3;3H2,1-2H3;1-2H3;1H,(H2,2,3). The number of carbonyl (C=O) groups is 4. The second kappa shape index (κ2) is 34.9. The number of nitrogens with one attached hydrogen (secondary N) is 3. The molecule has 4 unspecified atom stereocenters. The van der Waals surface area contributed by atoms with Crippen LogP contribution in [0.25, 0.3) is 0 Å². The molecule has 14 heteroatoms. The van der Waals surface area contributed by atoms with Gasteiger partial charge in [0, 0.05) is 44.1 Å². The van der Waals surface area contributed by atoms with Crippen LogP contribution in [0.2, 0.25) is 0 Å². The van der Waals surface area contributed by atoms with Gasteiger partial charge in [-0.1, -0.05) is 116 Å². The summed E-state index contributed by atoms with van der Waals surface area (Å²) in [4.78, 5) is 49.7. The highest BCUT2D eigenvalue weighted by Crippen LogP contribution is 2.31. The SMILES string of the molecule is C=CC(NC(=O)CNC(=O)C(=P)CC1CCCN1C(=O)C(NC(=C)CC(C)CC)C1CCCCC1)c1ccccc1.CC.CC(Cl)Cl.CC1CC1.CN(C)N.NC=O. The number of amides is 4. The lowest BCUT2D eigenvalue weighted by Crippen LogP contribution is -2.52. The van der Waals surface area contributed by atoms with Gasteiger partial charge in [0.05, 0.1) is 12.6 Å². The second-order valence-electron chi connectivity index (χ2n) is 15.0. The maximum Gasteiger partial charge on any atom is 0.251 e. The molecule has 58 heavy (non-hydrogen) atoms. The van der Waals surface area contributed by atoms with Crippen LogP contribution < -0.4 is 27.5 Å². The van der Waals surface area contributed by atoms with Gasteiger partial charge in [-0.25, -0.2) is 0 Å². The molecule has 1 aliphatic heterocycles. The number of carbonyl (C=O) groups excluding carboxylic acids is 4. The fourth-order valence-electron chi connectivity index (χ4n) is 6.13. The number of nitrogens with zero attached hydrogens (tertiary/aromatic N) is 2. The maximum absolute atomic E-state index is 14.0. The van der Waals surface area contributed by atoms with E-state index < -0.39 is 0 Å². The molecule has 3 aliphatic rings. The van der Waals surface area contributed by atoms with E-state index in [0.29, 0.717) is 30.1 Å². The van der Waals surface area contributed by atoms with Crippen molar-refractivity contribution in [3.05, 3.63) is 60.8 Å². The molecule has 1 aromatic carbocycles. The number of primary amides is 1. The second-order valence-corrected chi connectivity index (χ2v) is 17.2. The lowest BCUT2D eigenvalue weighted by Gasteiger charge is -2.36. The molecule has 332 valence electrons. The van der Waals surface area contributed by atoms with Crippen molar-refractivity contribution in [2.75, 3.05) is 27.2 Å². The molecule has 4 amide bonds. The summed E-state index contributed by atoms with van der Waals surface area (Å²) in [6, 6.07) is 8.88. The predicted octanol–water partition coefficient (Wildman–Crippen LogP) is 8.11. The third-order valence-corrected chi connectivity index (χ3v) is 9.83. The van der Waals surface area contributed by atoms with Gasteiger partial charge in [-0.2, -0.15) is 0 Å². The zero-order valence-electron chi connectivity index (χ0n) is 36.8. The fraction of sp³-hybridized carbons (Fsp3) is 0.659. The number of nitrogens with two attached hydrogens (primary N) is 2. The molecular weight excluding hydrogens is 792 g/mol. The van der Waals surface area contributed by atoms with E-state index in [4.69, 9.17) is 33.8 Å². The normalized spacial score (nSPS) is 17.1. The summed E-state index contributed by atoms with van der Waals surface area (Å²) in [6.07, 6.45) is 14.6. The predicted molar refractivity (Wildman–Crippen MR) is 249 cm³/mol. The zero-order valence-corrected chi connectivity index (χ0v) is 39.3. The number of hydrogen-bond acceptors (Lipinski definition) is 7. The Morgan fingerprint density at radius 1 is 1.00 bits per heavy atom. The van der Waals surface area contributed by atoms with Crippen LogP contribution in [0.3, 0.4) is 0 Å². The number of hydrogen-bond donors (Lipinski definition) is 5. The Hall–Kier alpha value is -2.95. The van der Waals surface area contributed by atoms with Crippen molar-refractivity contribution in [1.82, 2.24) is 25.9 Å². The smallest absolute Gasteiger partial charge is 0.251 e. The molecule has 1 aromatic rings. The van der Waals surface area contributed by atoms with Crippen LogP contribution in [0.4, 0.5) is 0 Å². The average molecular weight is 871 g/mol. The summed E-state index contributed by atoms with van der Waals surface area (Å²) in [6.45, 7) is 21.0. The van der Waals surface area contributed by atoms with Crippen molar-refractivity contribution in [1.29, 1.82) is 0 Å². The van der Waals surface area contributed by atoms with Crippen LogP contribution in [-0.4, -0.2) is 83.4 Å². The Balaban J connectivity index is 0. The van der Waals surface area contributed by atoms with Crippen molar-refractivity contribution in [3.8, 4) is 0 Å². The Bertz CT molecular complexity index is 1300. The van der Waals surface area contributed by atoms with E-state index in [1.54, 1.807) is 27.1 Å². The Kier molecular flexibility index (Phi) is 34.4. The average Bonchev–Trinajstić information content (AvgIpc) is 3.84. The molecule has 4 atom stereocenters. The molecular formula is C44H78Cl2N7O4P. The minimum atomic E-state index is -0.338. The van der Waals surface area contributed by atoms with E-state index in [9.17, 15) is 14.4 Å². The Labute approximate surface area is 364 Å². The zero-order chi connectivity index (χ0) is 44.6. The van der Waals surface area contributed by atoms with Gasteiger partial charge < -0.3 is 26.6 Å². The van der Waals surface area contributed by atoms with Gasteiger partial charge in [-0.3, -0.25) is 30.0 Å². The summed E-state index contributed by atoms with van der Waals surface area (Å²) in [5, 5.41) is 11.1. The van der Waals surface area contributed by atoms with E-state index >= 15 is 0 Å². The molecule has 0 radical (unpaired) electrons. The van der Waals surface area contributed by atoms with Gasteiger partial charge >= 0.3 is 0 Å². The topological polar surface area (TPSA) is 163 Å². The number of hydrazine groups is 1. The minimum absolute atomic E-state index is 0.0616. The van der Waals surface area contributed by atoms with E-state index in [-0.39, 0.29) is 53.6 Å². The van der Waals surface area contributed by atoms with Gasteiger partial charge in [0.1, 0.15) is 10.9 Å². The van der Waals surface area contributed by atoms with Crippen molar-refractivity contribution >= 4 is 61.5 Å². The van der Waals surface area contributed by atoms with Gasteiger partial charge in [-0.05, 0) is 62.3 Å². The fourth-order valence-corrected chi connectivity index (χ4v) is 6.46. The first-order chi connectivity index (χ1) is 27.5. The van der Waals surface area contributed by atoms with Gasteiger partial charge in [0.2, 0.25) is 18.2 Å². The number of alkyl halides is 2. The van der Waals surface area contributed by atoms with Crippen LogP contribution in [0, 0.1) is 17.8 Å². The molecule has 4 rings (SSSR count). The molecule has 1 saturated heterocycles. The van der Waals surface area contributed by atoms with E-state index in [0.717, 1.165) is 68.5 Å². The van der Waals surface area contributed by atoms with E-state index in [1.165, 1.54) is 24.3 Å². The molecule has 2 aliphatic carbocycles. The first-order valence-corrected chi connectivity index (χ1v) is 22.3. The van der Waals surface area contributed by atoms with E-state index in [2.05, 4.69) is 64.5 Å². The number of allylic oxidation sites excluding steroid dienone is 1. The van der Waals surface area contributed by atoms with Crippen LogP contribution in [0.1, 0.15) is 130 Å². The van der Waals surface area contributed by atoms with Crippen LogP contribution in [0.5, 0.6) is 0 Å². The maximum atomic E-state index is 14.0. The summed E-state index contributed by atoms with van der Waals surface area (Å²) >= 11 is 10.1. The lowest BCUT2D eigenvalue weighted by molar-refractivity contribution is -0.135. The van der Waals surface area contributed by atoms with Crippen LogP contribution in [-0.2, 0) is 19.2 Å². The molecule has 0 spiro atoms. The number of halogens is 2. The van der Waals surface area contributed by atoms with E-state index in [1.807, 2.05) is 49.1 Å². The van der Waals surface area contributed by atoms with Crippen LogP contribution in [0.15, 0.2) is 55.3 Å². The summed E-state index contributed by atoms with van der Waals surface area (Å²) < 4.78 is 0. The van der Waals surface area contributed by atoms with Crippen molar-refractivity contribution < 1.29 is 19.2 Å². The van der Waals surface area contributed by atoms with Crippen molar-refractivity contribution in [2.45, 2.75) is 142 Å². The Morgan fingerprint density at radius 3 is 1.98 bits per heavy atom. The van der Waals surface area contributed by atoms with Crippen LogP contribution >= 0.6 is 32.1 Å². The summed E-state index contributed by atoms with van der Waals surface area (Å²) in [5.74, 6) is 6.33. The van der Waals surface area contributed by atoms with Crippen molar-refractivity contribution in [2.24, 2.45) is 29.3 Å². The van der Waals surface area contributed by atoms with Gasteiger partial charge in [-0.15, -0.1) is 38.6 Å². The third kappa shape index (κ3) is 28.5. The molecule has 2 saturated carbocycles. The van der Waals surface area contributed by atoms with Gasteiger partial charge in [0.25, 0.3) is 5.91 Å². The highest BCUT2D eigenvalue weighted by atomic mass is 35.5. The molecule has 0 bridgehead atoms. The number of likely N-dealkylation sites (tertiary alicyclic amines) is 1. The third-order valence-electron chi connectivity index (χ3n) is 9.40. The molecule has 11 nitrogen and oxygen atoms in total. The summed E-state index contributed by atoms with van der Waals surface area (Å²) in [7, 11) is 7.08. The highest BCUT2D eigenvalue weighted by molar-refractivity contribution is 7.25. The Morgan fingerprint density at radius 2 is 1.52 bits per heavy atom. The minimum Gasteiger partial charge on any atom is -0.377 e. The largest absolute Gasteiger partial charge is 0.377 e. The van der Waals surface area contributed by atoms with Gasteiger partial charge in [0.15, 0.2) is 0 Å². The van der Waals surface area contributed by atoms with Crippen molar-refractivity contribution in [3.63, 3.8) is 0 Å². The molecule has 0 aromatic heterocycles. The number of benzene rings is 1. The molecule has 7 N–H and O–H groups in total. The quantitative estimate of drug-likeness (QED) is 0.0297. The number of rotatable bonds is 15. The lowest BCUT2D eigenvalue weighted by atomic mass is 9.83. The molecule has 1 heterocycles. The highest BCUT2D eigenvalue weighted by Gasteiger charge is 2.38. The first kappa shape index (κ1) is 57.1. The monoisotopic (exact) mass is 870 g/mol. The summed E-state index contributed by atoms with van der Waals surface area (Å²) in [5.41, 5.74) is 6.03. The molecule has 3 fully saturated rings.